The van der Waals surface area contributed by atoms with Crippen LogP contribution < -0.4 is 4.74 Å². The number of ketones is 1. The Hall–Kier alpha value is -3.08. The van der Waals surface area contributed by atoms with Crippen molar-refractivity contribution in [1.29, 1.82) is 0 Å². The fourth-order valence-electron chi connectivity index (χ4n) is 5.40. The van der Waals surface area contributed by atoms with Crippen LogP contribution in [0, 0.1) is 13.8 Å². The van der Waals surface area contributed by atoms with Crippen LogP contribution in [0.25, 0.3) is 5.76 Å². The van der Waals surface area contributed by atoms with Crippen molar-refractivity contribution in [3.8, 4) is 5.75 Å². The molecule has 4 rings (SSSR count). The lowest BCUT2D eigenvalue weighted by atomic mass is 9.90. The molecule has 0 aromatic heterocycles. The van der Waals surface area contributed by atoms with E-state index in [0.717, 1.165) is 55.2 Å². The van der Waals surface area contributed by atoms with Crippen molar-refractivity contribution in [3.63, 3.8) is 0 Å². The average Bonchev–Trinajstić information content (AvgIpc) is 3.09. The van der Waals surface area contributed by atoms with Gasteiger partial charge in [-0.15, -0.1) is 0 Å². The smallest absolute Gasteiger partial charge is 0.295 e. The molecular weight excluding hydrogens is 414 g/mol. The molecule has 33 heavy (non-hydrogen) atoms. The van der Waals surface area contributed by atoms with E-state index in [-0.39, 0.29) is 17.4 Å². The number of likely N-dealkylation sites (tertiary alicyclic amines) is 1. The molecule has 2 aromatic carbocycles. The summed E-state index contributed by atoms with van der Waals surface area (Å²) < 4.78 is 5.58. The van der Waals surface area contributed by atoms with Crippen LogP contribution in [-0.4, -0.2) is 34.8 Å². The SMILES string of the molecule is CCc1ccc(C2/C(=C(\O)c3cc(C)cc(C)c3OC)C(=O)C(=O)N2C2CCCCC2)cc1. The van der Waals surface area contributed by atoms with Gasteiger partial charge in [-0.3, -0.25) is 9.59 Å². The van der Waals surface area contributed by atoms with Crippen molar-refractivity contribution in [2.45, 2.75) is 71.4 Å². The first-order valence-electron chi connectivity index (χ1n) is 11.9. The summed E-state index contributed by atoms with van der Waals surface area (Å²) in [6.45, 7) is 5.93. The molecule has 1 saturated carbocycles. The van der Waals surface area contributed by atoms with E-state index in [2.05, 4.69) is 6.92 Å². The normalized spacial score (nSPS) is 21.0. The Kier molecular flexibility index (Phi) is 6.59. The number of aliphatic hydroxyl groups excluding tert-OH is 1. The number of hydrogen-bond acceptors (Lipinski definition) is 4. The fourth-order valence-corrected chi connectivity index (χ4v) is 5.40. The van der Waals surface area contributed by atoms with Gasteiger partial charge in [0, 0.05) is 6.04 Å². The van der Waals surface area contributed by atoms with E-state index in [9.17, 15) is 14.7 Å². The van der Waals surface area contributed by atoms with Gasteiger partial charge < -0.3 is 14.7 Å². The zero-order valence-corrected chi connectivity index (χ0v) is 20.0. The minimum Gasteiger partial charge on any atom is -0.507 e. The van der Waals surface area contributed by atoms with Crippen LogP contribution in [-0.2, 0) is 16.0 Å². The third kappa shape index (κ3) is 4.17. The summed E-state index contributed by atoms with van der Waals surface area (Å²) in [6.07, 6.45) is 5.89. The molecule has 1 unspecified atom stereocenters. The molecule has 1 saturated heterocycles. The number of amides is 1. The van der Waals surface area contributed by atoms with Crippen LogP contribution in [0.15, 0.2) is 42.0 Å². The number of ether oxygens (including phenoxy) is 1. The van der Waals surface area contributed by atoms with E-state index >= 15 is 0 Å². The van der Waals surface area contributed by atoms with E-state index in [1.165, 1.54) is 5.56 Å². The first kappa shape index (κ1) is 23.1. The fraction of sp³-hybridized carbons (Fsp3) is 0.429. The van der Waals surface area contributed by atoms with Gasteiger partial charge in [-0.2, -0.15) is 0 Å². The zero-order valence-electron chi connectivity index (χ0n) is 20.0. The molecule has 5 nitrogen and oxygen atoms in total. The van der Waals surface area contributed by atoms with Crippen LogP contribution in [0.3, 0.4) is 0 Å². The van der Waals surface area contributed by atoms with Gasteiger partial charge >= 0.3 is 0 Å². The molecule has 0 spiro atoms. The van der Waals surface area contributed by atoms with Gasteiger partial charge in [-0.05, 0) is 61.4 Å². The summed E-state index contributed by atoms with van der Waals surface area (Å²) in [5.74, 6) is -0.790. The highest BCUT2D eigenvalue weighted by atomic mass is 16.5. The molecule has 1 aliphatic carbocycles. The van der Waals surface area contributed by atoms with E-state index in [4.69, 9.17) is 4.74 Å². The lowest BCUT2D eigenvalue weighted by molar-refractivity contribution is -0.141. The Balaban J connectivity index is 1.92. The Labute approximate surface area is 196 Å². The predicted molar refractivity (Wildman–Crippen MR) is 129 cm³/mol. The van der Waals surface area contributed by atoms with Crippen molar-refractivity contribution >= 4 is 17.4 Å². The maximum Gasteiger partial charge on any atom is 0.295 e. The number of rotatable bonds is 5. The van der Waals surface area contributed by atoms with Crippen LogP contribution in [0.4, 0.5) is 0 Å². The summed E-state index contributed by atoms with van der Waals surface area (Å²) in [6, 6.07) is 11.2. The second-order valence-corrected chi connectivity index (χ2v) is 9.26. The Morgan fingerprint density at radius 3 is 2.33 bits per heavy atom. The minimum absolute atomic E-state index is 0.00232. The highest BCUT2D eigenvalue weighted by Crippen LogP contribution is 2.44. The number of methoxy groups -OCH3 is 1. The summed E-state index contributed by atoms with van der Waals surface area (Å²) >= 11 is 0. The summed E-state index contributed by atoms with van der Waals surface area (Å²) in [4.78, 5) is 28.5. The molecule has 1 atom stereocenters. The number of Topliss-reactive ketones (excluding diaryl/α,β-unsaturated/α-hetero) is 1. The maximum atomic E-state index is 13.4. The van der Waals surface area contributed by atoms with Crippen LogP contribution in [0.5, 0.6) is 5.75 Å². The number of benzene rings is 2. The van der Waals surface area contributed by atoms with Gasteiger partial charge in [-0.1, -0.05) is 56.5 Å². The molecule has 1 amide bonds. The molecule has 2 aromatic rings. The largest absolute Gasteiger partial charge is 0.507 e. The van der Waals surface area contributed by atoms with Crippen LogP contribution in [0.1, 0.15) is 72.9 Å². The number of carbonyl (C=O) groups excluding carboxylic acids is 2. The van der Waals surface area contributed by atoms with Crippen molar-refractivity contribution in [3.05, 3.63) is 69.8 Å². The van der Waals surface area contributed by atoms with Crippen molar-refractivity contribution in [2.24, 2.45) is 0 Å². The lowest BCUT2D eigenvalue weighted by Gasteiger charge is -2.35. The second kappa shape index (κ2) is 9.42. The van der Waals surface area contributed by atoms with E-state index in [1.807, 2.05) is 50.2 Å². The van der Waals surface area contributed by atoms with Crippen LogP contribution >= 0.6 is 0 Å². The molecule has 1 N–H and O–H groups in total. The molecule has 0 radical (unpaired) electrons. The summed E-state index contributed by atoms with van der Waals surface area (Å²) in [7, 11) is 1.55. The maximum absolute atomic E-state index is 13.4. The summed E-state index contributed by atoms with van der Waals surface area (Å²) in [5.41, 5.74) is 4.45. The first-order chi connectivity index (χ1) is 15.9. The molecule has 0 bridgehead atoms. The molecule has 2 aliphatic rings. The molecule has 174 valence electrons. The van der Waals surface area contributed by atoms with E-state index in [0.29, 0.717) is 11.3 Å². The third-order valence-corrected chi connectivity index (χ3v) is 7.03. The van der Waals surface area contributed by atoms with Crippen molar-refractivity contribution in [1.82, 2.24) is 4.90 Å². The number of hydrogen-bond donors (Lipinski definition) is 1. The van der Waals surface area contributed by atoms with E-state index < -0.39 is 17.7 Å². The number of aliphatic hydroxyl groups is 1. The quantitative estimate of drug-likeness (QED) is 0.366. The van der Waals surface area contributed by atoms with Gasteiger partial charge in [0.15, 0.2) is 0 Å². The summed E-state index contributed by atoms with van der Waals surface area (Å²) in [5, 5.41) is 11.5. The zero-order chi connectivity index (χ0) is 23.7. The molecule has 1 heterocycles. The predicted octanol–water partition coefficient (Wildman–Crippen LogP) is 5.63. The van der Waals surface area contributed by atoms with Crippen molar-refractivity contribution < 1.29 is 19.4 Å². The number of aryl methyl sites for hydroxylation is 3. The lowest BCUT2D eigenvalue weighted by Crippen LogP contribution is -2.40. The number of nitrogens with zero attached hydrogens (tertiary/aromatic N) is 1. The standard InChI is InChI=1S/C28H33NO4/c1-5-19-11-13-20(14-12-19)24-23(25(30)22-16-17(2)15-18(3)27(22)33-4)26(31)28(32)29(24)21-9-7-6-8-10-21/h11-16,21,24,30H,5-10H2,1-4H3/b25-23+. The Bertz CT molecular complexity index is 1090. The van der Waals surface area contributed by atoms with Gasteiger partial charge in [0.2, 0.25) is 0 Å². The van der Waals surface area contributed by atoms with Crippen molar-refractivity contribution in [2.75, 3.05) is 7.11 Å². The monoisotopic (exact) mass is 447 g/mol. The van der Waals surface area contributed by atoms with Gasteiger partial charge in [0.25, 0.3) is 11.7 Å². The second-order valence-electron chi connectivity index (χ2n) is 9.26. The molecule has 2 fully saturated rings. The highest BCUT2D eigenvalue weighted by Gasteiger charge is 2.49. The van der Waals surface area contributed by atoms with Gasteiger partial charge in [0.05, 0.1) is 24.3 Å². The topological polar surface area (TPSA) is 66.8 Å². The van der Waals surface area contributed by atoms with Gasteiger partial charge in [-0.25, -0.2) is 0 Å². The molecular formula is C28H33NO4. The van der Waals surface area contributed by atoms with Gasteiger partial charge in [0.1, 0.15) is 11.5 Å². The average molecular weight is 448 g/mol. The first-order valence-corrected chi connectivity index (χ1v) is 11.9. The third-order valence-electron chi connectivity index (χ3n) is 7.03. The van der Waals surface area contributed by atoms with Crippen LogP contribution in [0.2, 0.25) is 0 Å². The Morgan fingerprint density at radius 1 is 1.06 bits per heavy atom. The number of carbonyl (C=O) groups is 2. The Morgan fingerprint density at radius 2 is 1.73 bits per heavy atom. The minimum atomic E-state index is -0.621. The van der Waals surface area contributed by atoms with E-state index in [1.54, 1.807) is 12.0 Å². The highest BCUT2D eigenvalue weighted by molar-refractivity contribution is 6.46. The molecule has 5 heteroatoms. The molecule has 1 aliphatic heterocycles.